The molecule has 1 N–H and O–H groups in total. The first-order valence-corrected chi connectivity index (χ1v) is 5.65. The highest BCUT2D eigenvalue weighted by Crippen LogP contribution is 2.18. The zero-order valence-electron chi connectivity index (χ0n) is 9.28. The van der Waals surface area contributed by atoms with Crippen molar-refractivity contribution in [3.8, 4) is 0 Å². The summed E-state index contributed by atoms with van der Waals surface area (Å²) in [5.41, 5.74) is 1.33. The first kappa shape index (κ1) is 10.6. The topological polar surface area (TPSA) is 39.1 Å². The number of ether oxygens (including phenoxy) is 1. The zero-order valence-corrected chi connectivity index (χ0v) is 9.28. The molecule has 0 radical (unpaired) electrons. The van der Waals surface area contributed by atoms with Crippen molar-refractivity contribution in [2.75, 3.05) is 26.8 Å². The summed E-state index contributed by atoms with van der Waals surface area (Å²) in [6.07, 6.45) is 7.51. The van der Waals surface area contributed by atoms with Crippen molar-refractivity contribution in [1.82, 2.24) is 15.1 Å². The Bertz CT molecular complexity index is 292. The van der Waals surface area contributed by atoms with Crippen molar-refractivity contribution < 1.29 is 4.74 Å². The second kappa shape index (κ2) is 5.28. The fraction of sp³-hybridized carbons (Fsp3) is 0.727. The van der Waals surface area contributed by atoms with Gasteiger partial charge in [-0.05, 0) is 38.4 Å². The van der Waals surface area contributed by atoms with Gasteiger partial charge in [-0.1, -0.05) is 0 Å². The Morgan fingerprint density at radius 2 is 2.60 bits per heavy atom. The van der Waals surface area contributed by atoms with Gasteiger partial charge in [0.15, 0.2) is 0 Å². The van der Waals surface area contributed by atoms with E-state index in [2.05, 4.69) is 21.3 Å². The molecule has 1 aromatic heterocycles. The molecule has 1 saturated heterocycles. The monoisotopic (exact) mass is 209 g/mol. The minimum absolute atomic E-state index is 0.461. The lowest BCUT2D eigenvalue weighted by Gasteiger charge is -2.06. The summed E-state index contributed by atoms with van der Waals surface area (Å²) < 4.78 is 7.41. The molecule has 84 valence electrons. The van der Waals surface area contributed by atoms with Crippen molar-refractivity contribution in [3.63, 3.8) is 0 Å². The van der Waals surface area contributed by atoms with Crippen LogP contribution in [0.5, 0.6) is 0 Å². The molecule has 15 heavy (non-hydrogen) atoms. The van der Waals surface area contributed by atoms with E-state index in [1.807, 2.05) is 13.2 Å². The summed E-state index contributed by atoms with van der Waals surface area (Å²) in [4.78, 5) is 0. The summed E-state index contributed by atoms with van der Waals surface area (Å²) in [6, 6.07) is 0.461. The Morgan fingerprint density at radius 1 is 1.67 bits per heavy atom. The number of aromatic nitrogens is 2. The van der Waals surface area contributed by atoms with Gasteiger partial charge in [0, 0.05) is 12.8 Å². The SMILES string of the molecule is CNCCCc1cnn([C@@H]2CCOC2)c1. The molecule has 1 aliphatic rings. The highest BCUT2D eigenvalue weighted by molar-refractivity contribution is 5.04. The first-order chi connectivity index (χ1) is 7.40. The maximum atomic E-state index is 5.35. The Labute approximate surface area is 90.6 Å². The van der Waals surface area contributed by atoms with Crippen molar-refractivity contribution in [3.05, 3.63) is 18.0 Å². The van der Waals surface area contributed by atoms with Crippen LogP contribution < -0.4 is 5.32 Å². The van der Waals surface area contributed by atoms with E-state index < -0.39 is 0 Å². The van der Waals surface area contributed by atoms with E-state index in [4.69, 9.17) is 4.74 Å². The number of hydrogen-bond acceptors (Lipinski definition) is 3. The van der Waals surface area contributed by atoms with E-state index in [9.17, 15) is 0 Å². The molecule has 1 fully saturated rings. The lowest BCUT2D eigenvalue weighted by Crippen LogP contribution is -2.09. The van der Waals surface area contributed by atoms with Gasteiger partial charge in [-0.3, -0.25) is 4.68 Å². The Morgan fingerprint density at radius 3 is 3.33 bits per heavy atom. The Balaban J connectivity index is 1.86. The van der Waals surface area contributed by atoms with Crippen LogP contribution in [0.4, 0.5) is 0 Å². The molecule has 0 bridgehead atoms. The number of hydrogen-bond donors (Lipinski definition) is 1. The standard InChI is InChI=1S/C11H19N3O/c1-12-5-2-3-10-7-13-14(8-10)11-4-6-15-9-11/h7-8,11-12H,2-6,9H2,1H3/t11-/m1/s1. The molecule has 4 nitrogen and oxygen atoms in total. The predicted octanol–water partition coefficient (Wildman–Crippen LogP) is 0.996. The first-order valence-electron chi connectivity index (χ1n) is 5.65. The van der Waals surface area contributed by atoms with Crippen molar-refractivity contribution in [2.24, 2.45) is 0 Å². The third kappa shape index (κ3) is 2.79. The van der Waals surface area contributed by atoms with Crippen molar-refractivity contribution in [2.45, 2.75) is 25.3 Å². The maximum Gasteiger partial charge on any atom is 0.0774 e. The van der Waals surface area contributed by atoms with Crippen LogP contribution in [0.1, 0.15) is 24.4 Å². The van der Waals surface area contributed by atoms with Gasteiger partial charge in [0.2, 0.25) is 0 Å². The molecule has 0 aliphatic carbocycles. The molecule has 2 heterocycles. The number of nitrogens with zero attached hydrogens (tertiary/aromatic N) is 2. The van der Waals surface area contributed by atoms with Crippen LogP contribution in [-0.4, -0.2) is 36.6 Å². The molecule has 0 saturated carbocycles. The summed E-state index contributed by atoms with van der Waals surface area (Å²) in [5, 5.41) is 7.55. The zero-order chi connectivity index (χ0) is 10.5. The van der Waals surface area contributed by atoms with Crippen LogP contribution in [0.15, 0.2) is 12.4 Å². The summed E-state index contributed by atoms with van der Waals surface area (Å²) in [7, 11) is 1.99. The number of rotatable bonds is 5. The molecule has 0 unspecified atom stereocenters. The van der Waals surface area contributed by atoms with E-state index >= 15 is 0 Å². The van der Waals surface area contributed by atoms with Crippen molar-refractivity contribution >= 4 is 0 Å². The number of aryl methyl sites for hydroxylation is 1. The van der Waals surface area contributed by atoms with Gasteiger partial charge >= 0.3 is 0 Å². The van der Waals surface area contributed by atoms with E-state index in [1.54, 1.807) is 0 Å². The molecule has 0 spiro atoms. The van der Waals surface area contributed by atoms with Gasteiger partial charge < -0.3 is 10.1 Å². The lowest BCUT2D eigenvalue weighted by atomic mass is 10.2. The van der Waals surface area contributed by atoms with Crippen LogP contribution in [0, 0.1) is 0 Å². The molecule has 1 aliphatic heterocycles. The third-order valence-corrected chi connectivity index (χ3v) is 2.83. The Kier molecular flexibility index (Phi) is 3.75. The van der Waals surface area contributed by atoms with Crippen LogP contribution in [0.25, 0.3) is 0 Å². The fourth-order valence-corrected chi connectivity index (χ4v) is 1.91. The van der Waals surface area contributed by atoms with Crippen molar-refractivity contribution in [1.29, 1.82) is 0 Å². The molecular weight excluding hydrogens is 190 g/mol. The minimum Gasteiger partial charge on any atom is -0.379 e. The molecule has 2 rings (SSSR count). The largest absolute Gasteiger partial charge is 0.379 e. The van der Waals surface area contributed by atoms with Gasteiger partial charge in [-0.25, -0.2) is 0 Å². The summed E-state index contributed by atoms with van der Waals surface area (Å²) in [6.45, 7) is 2.76. The lowest BCUT2D eigenvalue weighted by molar-refractivity contribution is 0.184. The van der Waals surface area contributed by atoms with Gasteiger partial charge in [0.05, 0.1) is 18.8 Å². The van der Waals surface area contributed by atoms with Gasteiger partial charge in [0.1, 0.15) is 0 Å². The molecule has 1 aromatic rings. The van der Waals surface area contributed by atoms with Crippen LogP contribution in [0.3, 0.4) is 0 Å². The van der Waals surface area contributed by atoms with Gasteiger partial charge in [0.25, 0.3) is 0 Å². The van der Waals surface area contributed by atoms with E-state index in [0.717, 1.165) is 32.6 Å². The highest BCUT2D eigenvalue weighted by atomic mass is 16.5. The Hall–Kier alpha value is -0.870. The average molecular weight is 209 g/mol. The second-order valence-electron chi connectivity index (χ2n) is 4.05. The predicted molar refractivity (Wildman–Crippen MR) is 58.9 cm³/mol. The van der Waals surface area contributed by atoms with Crippen LogP contribution in [-0.2, 0) is 11.2 Å². The highest BCUT2D eigenvalue weighted by Gasteiger charge is 2.17. The molecule has 0 aromatic carbocycles. The summed E-state index contributed by atoms with van der Waals surface area (Å²) >= 11 is 0. The second-order valence-corrected chi connectivity index (χ2v) is 4.05. The van der Waals surface area contributed by atoms with Gasteiger partial charge in [-0.15, -0.1) is 0 Å². The van der Waals surface area contributed by atoms with Crippen LogP contribution in [0.2, 0.25) is 0 Å². The maximum absolute atomic E-state index is 5.35. The third-order valence-electron chi connectivity index (χ3n) is 2.83. The van der Waals surface area contributed by atoms with E-state index in [-0.39, 0.29) is 0 Å². The molecule has 1 atom stereocenters. The van der Waals surface area contributed by atoms with E-state index in [1.165, 1.54) is 12.0 Å². The fourth-order valence-electron chi connectivity index (χ4n) is 1.91. The molecule has 0 amide bonds. The van der Waals surface area contributed by atoms with Gasteiger partial charge in [-0.2, -0.15) is 5.10 Å². The summed E-state index contributed by atoms with van der Waals surface area (Å²) in [5.74, 6) is 0. The number of nitrogens with one attached hydrogen (secondary N) is 1. The van der Waals surface area contributed by atoms with Crippen LogP contribution >= 0.6 is 0 Å². The average Bonchev–Trinajstić information content (AvgIpc) is 2.87. The van der Waals surface area contributed by atoms with E-state index in [0.29, 0.717) is 6.04 Å². The smallest absolute Gasteiger partial charge is 0.0774 e. The molecule has 4 heteroatoms. The minimum atomic E-state index is 0.461. The quantitative estimate of drug-likeness (QED) is 0.735. The normalized spacial score (nSPS) is 21.0. The molecular formula is C11H19N3O.